The highest BCUT2D eigenvalue weighted by Crippen LogP contribution is 2.11. The van der Waals surface area contributed by atoms with Crippen LogP contribution in [0.1, 0.15) is 18.9 Å². The normalized spacial score (nSPS) is 10.8. The lowest BCUT2D eigenvalue weighted by molar-refractivity contribution is 0.0548. The Morgan fingerprint density at radius 1 is 1.00 bits per heavy atom. The summed E-state index contributed by atoms with van der Waals surface area (Å²) in [6.45, 7) is 7.36. The zero-order valence-electron chi connectivity index (χ0n) is 13.0. The molecular weight excluding hydrogens is 268 g/mol. The first-order chi connectivity index (χ1) is 10.4. The van der Waals surface area contributed by atoms with E-state index in [-0.39, 0.29) is 0 Å². The fraction of sp³-hybridized carbons (Fsp3) is 0.625. The second-order valence-corrected chi connectivity index (χ2v) is 4.69. The maximum Gasteiger partial charge on any atom is 0.0717 e. The topological polar surface area (TPSA) is 65.7 Å². The maximum absolute atomic E-state index is 5.54. The van der Waals surface area contributed by atoms with Gasteiger partial charge in [-0.3, -0.25) is 0 Å². The molecule has 0 aliphatic rings. The Balaban J connectivity index is 2.10. The second-order valence-electron chi connectivity index (χ2n) is 4.69. The van der Waals surface area contributed by atoms with Crippen molar-refractivity contribution in [3.63, 3.8) is 0 Å². The second kappa shape index (κ2) is 12.6. The number of rotatable bonds is 13. The maximum atomic E-state index is 5.54. The molecule has 3 N–H and O–H groups in total. The summed E-state index contributed by atoms with van der Waals surface area (Å²) in [7, 11) is 0. The third-order valence-electron chi connectivity index (χ3n) is 2.75. The van der Waals surface area contributed by atoms with E-state index in [1.165, 1.54) is 5.56 Å². The quantitative estimate of drug-likeness (QED) is 0.545. The van der Waals surface area contributed by atoms with Crippen molar-refractivity contribution in [2.75, 3.05) is 51.4 Å². The highest BCUT2D eigenvalue weighted by molar-refractivity contribution is 5.45. The summed E-state index contributed by atoms with van der Waals surface area (Å²) in [4.78, 5) is 0. The summed E-state index contributed by atoms with van der Waals surface area (Å²) >= 11 is 0. The number of nitrogens with one attached hydrogen (secondary N) is 1. The molecule has 0 aliphatic heterocycles. The van der Waals surface area contributed by atoms with Crippen molar-refractivity contribution < 1.29 is 14.2 Å². The molecule has 120 valence electrons. The minimum absolute atomic E-state index is 0.555. The molecular formula is C16H28N2O3. The number of benzene rings is 1. The van der Waals surface area contributed by atoms with Gasteiger partial charge in [0.2, 0.25) is 0 Å². The average molecular weight is 296 g/mol. The van der Waals surface area contributed by atoms with Gasteiger partial charge in [0.1, 0.15) is 0 Å². The lowest BCUT2D eigenvalue weighted by Crippen LogP contribution is -2.15. The van der Waals surface area contributed by atoms with Gasteiger partial charge in [-0.2, -0.15) is 0 Å². The first-order valence-electron chi connectivity index (χ1n) is 7.63. The van der Waals surface area contributed by atoms with Crippen LogP contribution in [0.25, 0.3) is 0 Å². The van der Waals surface area contributed by atoms with Crippen molar-refractivity contribution in [1.29, 1.82) is 0 Å². The zero-order valence-corrected chi connectivity index (χ0v) is 13.0. The van der Waals surface area contributed by atoms with Crippen LogP contribution >= 0.6 is 0 Å². The molecule has 0 fully saturated rings. The first-order valence-corrected chi connectivity index (χ1v) is 7.63. The van der Waals surface area contributed by atoms with Crippen molar-refractivity contribution in [3.05, 3.63) is 29.8 Å². The van der Waals surface area contributed by atoms with Crippen LogP contribution in [0.5, 0.6) is 0 Å². The molecule has 1 rings (SSSR count). The fourth-order valence-electron chi connectivity index (χ4n) is 1.78. The molecule has 5 heteroatoms. The minimum Gasteiger partial charge on any atom is -0.383 e. The van der Waals surface area contributed by atoms with Crippen LogP contribution in [0.4, 0.5) is 5.69 Å². The molecule has 0 aromatic heterocycles. The summed E-state index contributed by atoms with van der Waals surface area (Å²) in [5, 5.41) is 3.34. The highest BCUT2D eigenvalue weighted by Gasteiger charge is 1.96. The van der Waals surface area contributed by atoms with Crippen molar-refractivity contribution in [2.24, 2.45) is 5.73 Å². The smallest absolute Gasteiger partial charge is 0.0717 e. The summed E-state index contributed by atoms with van der Waals surface area (Å²) in [5.41, 5.74) is 7.60. The van der Waals surface area contributed by atoms with Gasteiger partial charge in [-0.05, 0) is 24.1 Å². The Morgan fingerprint density at radius 3 is 2.57 bits per heavy atom. The fourth-order valence-corrected chi connectivity index (χ4v) is 1.78. The van der Waals surface area contributed by atoms with Gasteiger partial charge >= 0.3 is 0 Å². The largest absolute Gasteiger partial charge is 0.383 e. The summed E-state index contributed by atoms with van der Waals surface area (Å²) in [6, 6.07) is 8.27. The summed E-state index contributed by atoms with van der Waals surface area (Å²) in [6.07, 6.45) is 1.05. The molecule has 0 saturated heterocycles. The van der Waals surface area contributed by atoms with E-state index in [1.54, 1.807) is 0 Å². The van der Waals surface area contributed by atoms with Gasteiger partial charge in [0.05, 0.1) is 33.0 Å². The van der Waals surface area contributed by atoms with Crippen molar-refractivity contribution in [2.45, 2.75) is 20.0 Å². The molecule has 0 radical (unpaired) electrons. The number of ether oxygens (including phenoxy) is 3. The van der Waals surface area contributed by atoms with Gasteiger partial charge in [-0.25, -0.2) is 0 Å². The van der Waals surface area contributed by atoms with E-state index >= 15 is 0 Å². The summed E-state index contributed by atoms with van der Waals surface area (Å²) < 4.78 is 16.2. The van der Waals surface area contributed by atoms with E-state index in [0.29, 0.717) is 39.6 Å². The molecule has 0 unspecified atom stereocenters. The SMILES string of the molecule is CCCOCc1cccc(NCCOCCOCCN)c1. The van der Waals surface area contributed by atoms with Crippen LogP contribution in [0.15, 0.2) is 24.3 Å². The van der Waals surface area contributed by atoms with Crippen LogP contribution in [0, 0.1) is 0 Å². The van der Waals surface area contributed by atoms with Crippen LogP contribution in [-0.2, 0) is 20.8 Å². The Labute approximate surface area is 127 Å². The molecule has 1 aromatic rings. The van der Waals surface area contributed by atoms with Gasteiger partial charge in [-0.1, -0.05) is 19.1 Å². The molecule has 0 spiro atoms. The lowest BCUT2D eigenvalue weighted by Gasteiger charge is -2.09. The third-order valence-corrected chi connectivity index (χ3v) is 2.75. The van der Waals surface area contributed by atoms with Crippen molar-refractivity contribution in [3.8, 4) is 0 Å². The molecule has 0 heterocycles. The van der Waals surface area contributed by atoms with Crippen LogP contribution in [0.2, 0.25) is 0 Å². The van der Waals surface area contributed by atoms with E-state index < -0.39 is 0 Å². The Kier molecular flexibility index (Phi) is 10.7. The molecule has 0 amide bonds. The Hall–Kier alpha value is -1.14. The average Bonchev–Trinajstić information content (AvgIpc) is 2.51. The molecule has 0 aliphatic carbocycles. The first kappa shape index (κ1) is 17.9. The van der Waals surface area contributed by atoms with Gasteiger partial charge < -0.3 is 25.3 Å². The summed E-state index contributed by atoms with van der Waals surface area (Å²) in [5.74, 6) is 0. The van der Waals surface area contributed by atoms with Crippen molar-refractivity contribution in [1.82, 2.24) is 0 Å². The van der Waals surface area contributed by atoms with E-state index in [2.05, 4.69) is 24.4 Å². The minimum atomic E-state index is 0.555. The van der Waals surface area contributed by atoms with Crippen LogP contribution in [0.3, 0.4) is 0 Å². The number of hydrogen-bond acceptors (Lipinski definition) is 5. The monoisotopic (exact) mass is 296 g/mol. The molecule has 0 bridgehead atoms. The Bertz CT molecular complexity index is 361. The van der Waals surface area contributed by atoms with Crippen LogP contribution in [-0.4, -0.2) is 46.1 Å². The molecule has 0 atom stereocenters. The highest BCUT2D eigenvalue weighted by atomic mass is 16.5. The van der Waals surface area contributed by atoms with Gasteiger partial charge in [-0.15, -0.1) is 0 Å². The standard InChI is InChI=1S/C16H28N2O3/c1-2-8-21-14-15-4-3-5-16(13-15)18-7-10-20-12-11-19-9-6-17/h3-5,13,18H,2,6-12,14,17H2,1H3. The molecule has 1 aromatic carbocycles. The Morgan fingerprint density at radius 2 is 1.81 bits per heavy atom. The molecule has 0 saturated carbocycles. The van der Waals surface area contributed by atoms with Gasteiger partial charge in [0, 0.05) is 25.4 Å². The van der Waals surface area contributed by atoms with E-state index in [0.717, 1.165) is 25.3 Å². The van der Waals surface area contributed by atoms with Gasteiger partial charge in [0.15, 0.2) is 0 Å². The van der Waals surface area contributed by atoms with E-state index in [4.69, 9.17) is 19.9 Å². The molecule has 5 nitrogen and oxygen atoms in total. The predicted molar refractivity (Wildman–Crippen MR) is 85.6 cm³/mol. The number of hydrogen-bond donors (Lipinski definition) is 2. The number of nitrogens with two attached hydrogens (primary N) is 1. The van der Waals surface area contributed by atoms with Crippen molar-refractivity contribution >= 4 is 5.69 Å². The zero-order chi connectivity index (χ0) is 15.2. The van der Waals surface area contributed by atoms with Gasteiger partial charge in [0.25, 0.3) is 0 Å². The molecule has 21 heavy (non-hydrogen) atoms. The van der Waals surface area contributed by atoms with E-state index in [9.17, 15) is 0 Å². The number of anilines is 1. The predicted octanol–water partition coefficient (Wildman–Crippen LogP) is 2.02. The third kappa shape index (κ3) is 9.42. The van der Waals surface area contributed by atoms with Crippen LogP contribution < -0.4 is 11.1 Å². The van der Waals surface area contributed by atoms with E-state index in [1.807, 2.05) is 12.1 Å². The lowest BCUT2D eigenvalue weighted by atomic mass is 10.2.